The minimum atomic E-state index is 0.813. The van der Waals surface area contributed by atoms with E-state index >= 15 is 0 Å². The molecule has 0 atom stereocenters. The fourth-order valence-corrected chi connectivity index (χ4v) is 1.10. The van der Waals surface area contributed by atoms with Crippen LogP contribution >= 0.6 is 0 Å². The summed E-state index contributed by atoms with van der Waals surface area (Å²) < 4.78 is 4.11. The molecule has 0 aliphatic heterocycles. The van der Waals surface area contributed by atoms with Gasteiger partial charge < -0.3 is 4.74 Å². The Morgan fingerprint density at radius 1 is 1.08 bits per heavy atom. The molecule has 0 fully saturated rings. The van der Waals surface area contributed by atoms with Crippen molar-refractivity contribution >= 4 is 6.47 Å². The Hall–Kier alpha value is -0.970. The summed E-state index contributed by atoms with van der Waals surface area (Å²) in [5, 5.41) is 0. The third-order valence-electron chi connectivity index (χ3n) is 1.82. The van der Waals surface area contributed by atoms with Gasteiger partial charge in [-0.25, -0.2) is 4.79 Å². The Morgan fingerprint density at radius 2 is 1.77 bits per heavy atom. The molecule has 0 N–H and O–H groups in total. The van der Waals surface area contributed by atoms with E-state index in [1.54, 1.807) is 0 Å². The minimum Gasteiger partial charge on any atom is -0.364 e. The first kappa shape index (κ1) is 12.0. The van der Waals surface area contributed by atoms with Gasteiger partial charge in [-0.3, -0.25) is 0 Å². The summed E-state index contributed by atoms with van der Waals surface area (Å²) in [7, 11) is 0. The topological polar surface area (TPSA) is 26.3 Å². The van der Waals surface area contributed by atoms with Gasteiger partial charge in [0.05, 0.1) is 0 Å². The van der Waals surface area contributed by atoms with E-state index in [-0.39, 0.29) is 0 Å². The van der Waals surface area contributed by atoms with Crippen LogP contribution < -0.4 is 0 Å². The third kappa shape index (κ3) is 11.0. The zero-order chi connectivity index (χ0) is 9.78. The number of unbranched alkanes of at least 4 members (excludes halogenated alkanes) is 6. The lowest BCUT2D eigenvalue weighted by atomic mass is 10.1. The molecule has 0 bridgehead atoms. The molecule has 0 saturated heterocycles. The van der Waals surface area contributed by atoms with Gasteiger partial charge in [0.15, 0.2) is 0 Å². The molecule has 0 spiro atoms. The van der Waals surface area contributed by atoms with Gasteiger partial charge in [0.1, 0.15) is 6.11 Å². The first-order valence-corrected chi connectivity index (χ1v) is 4.92. The maximum Gasteiger partial charge on any atom is 0.432 e. The van der Waals surface area contributed by atoms with Crippen molar-refractivity contribution in [3.8, 4) is 12.0 Å². The number of carbonyl (C=O) groups excluding carboxylic acids is 1. The summed E-state index contributed by atoms with van der Waals surface area (Å²) in [5.74, 6) is 2.74. The van der Waals surface area contributed by atoms with Crippen molar-refractivity contribution in [1.82, 2.24) is 0 Å². The Labute approximate surface area is 80.7 Å². The zero-order valence-electron chi connectivity index (χ0n) is 8.27. The molecule has 73 valence electrons. The van der Waals surface area contributed by atoms with Crippen molar-refractivity contribution in [3.63, 3.8) is 0 Å². The highest BCUT2D eigenvalue weighted by Gasteiger charge is 1.87. The Kier molecular flexibility index (Phi) is 10.2. The van der Waals surface area contributed by atoms with Crippen LogP contribution in [-0.2, 0) is 9.53 Å². The van der Waals surface area contributed by atoms with E-state index in [1.165, 1.54) is 38.6 Å². The molecular formula is C11H17O2. The fourth-order valence-electron chi connectivity index (χ4n) is 1.10. The highest BCUT2D eigenvalue weighted by Crippen LogP contribution is 2.05. The Morgan fingerprint density at radius 3 is 2.46 bits per heavy atom. The quantitative estimate of drug-likeness (QED) is 0.446. The summed E-state index contributed by atoms with van der Waals surface area (Å²) in [5.41, 5.74) is 0. The van der Waals surface area contributed by atoms with Crippen LogP contribution in [0.1, 0.15) is 51.9 Å². The largest absolute Gasteiger partial charge is 0.432 e. The molecule has 0 heterocycles. The molecule has 2 heteroatoms. The monoisotopic (exact) mass is 181 g/mol. The van der Waals surface area contributed by atoms with Gasteiger partial charge in [-0.05, 0) is 6.42 Å². The molecule has 0 rings (SSSR count). The van der Waals surface area contributed by atoms with E-state index in [2.05, 4.69) is 23.7 Å². The second-order valence-electron chi connectivity index (χ2n) is 2.98. The van der Waals surface area contributed by atoms with Crippen LogP contribution in [-0.4, -0.2) is 6.47 Å². The highest BCUT2D eigenvalue weighted by molar-refractivity contribution is 5.40. The van der Waals surface area contributed by atoms with Crippen molar-refractivity contribution in [1.29, 1.82) is 0 Å². The van der Waals surface area contributed by atoms with Crippen LogP contribution in [0, 0.1) is 12.0 Å². The van der Waals surface area contributed by atoms with Gasteiger partial charge in [-0.1, -0.05) is 44.9 Å². The van der Waals surface area contributed by atoms with Crippen LogP contribution in [0.4, 0.5) is 0 Å². The molecule has 13 heavy (non-hydrogen) atoms. The number of rotatable bonds is 7. The minimum absolute atomic E-state index is 0.813. The van der Waals surface area contributed by atoms with Crippen LogP contribution in [0.15, 0.2) is 0 Å². The Bertz CT molecular complexity index is 165. The van der Waals surface area contributed by atoms with E-state index < -0.39 is 0 Å². The normalized spacial score (nSPS) is 8.69. The van der Waals surface area contributed by atoms with Gasteiger partial charge in [0.25, 0.3) is 0 Å². The number of hydrogen-bond donors (Lipinski definition) is 0. The van der Waals surface area contributed by atoms with Crippen molar-refractivity contribution in [2.45, 2.75) is 51.9 Å². The van der Waals surface area contributed by atoms with E-state index in [0.29, 0.717) is 0 Å². The van der Waals surface area contributed by atoms with Crippen LogP contribution in [0.25, 0.3) is 0 Å². The summed E-state index contributed by atoms with van der Waals surface area (Å²) in [6, 6.07) is 0. The van der Waals surface area contributed by atoms with Gasteiger partial charge in [0, 0.05) is 6.42 Å². The lowest BCUT2D eigenvalue weighted by Gasteiger charge is -1.96. The molecule has 0 aromatic heterocycles. The second kappa shape index (κ2) is 11.0. The molecule has 2 nitrogen and oxygen atoms in total. The first-order valence-electron chi connectivity index (χ1n) is 4.92. The Balaban J connectivity index is 3.00. The van der Waals surface area contributed by atoms with Crippen LogP contribution in [0.2, 0.25) is 0 Å². The number of ether oxygens (including phenoxy) is 1. The first-order chi connectivity index (χ1) is 6.41. The van der Waals surface area contributed by atoms with Crippen LogP contribution in [0.5, 0.6) is 0 Å². The van der Waals surface area contributed by atoms with E-state index in [0.717, 1.165) is 12.8 Å². The molecule has 0 amide bonds. The van der Waals surface area contributed by atoms with Gasteiger partial charge >= 0.3 is 6.47 Å². The average molecular weight is 181 g/mol. The second-order valence-corrected chi connectivity index (χ2v) is 2.98. The van der Waals surface area contributed by atoms with Crippen molar-refractivity contribution in [3.05, 3.63) is 0 Å². The predicted octanol–water partition coefficient (Wildman–Crippen LogP) is 2.78. The standard InChI is InChI=1S/C11H17O2/c1-2-3-4-5-6-7-8-9-10-13-11-12/h2-8H2,1H3. The highest BCUT2D eigenvalue weighted by atomic mass is 16.5. The van der Waals surface area contributed by atoms with Crippen LogP contribution in [0.3, 0.4) is 0 Å². The maximum atomic E-state index is 9.56. The fraction of sp³-hybridized carbons (Fsp3) is 0.727. The van der Waals surface area contributed by atoms with Crippen molar-refractivity contribution in [2.75, 3.05) is 0 Å². The molecule has 0 aliphatic rings. The summed E-state index contributed by atoms with van der Waals surface area (Å²) in [6.07, 6.45) is 10.6. The van der Waals surface area contributed by atoms with Crippen molar-refractivity contribution < 1.29 is 9.53 Å². The van der Waals surface area contributed by atoms with Crippen molar-refractivity contribution in [2.24, 2.45) is 0 Å². The SMILES string of the molecule is CCCCCCCCC#CO[C]=O. The zero-order valence-corrected chi connectivity index (χ0v) is 8.27. The smallest absolute Gasteiger partial charge is 0.364 e. The molecule has 0 aliphatic carbocycles. The van der Waals surface area contributed by atoms with Gasteiger partial charge in [-0.15, -0.1) is 0 Å². The molecule has 1 radical (unpaired) electrons. The average Bonchev–Trinajstić information content (AvgIpc) is 2.16. The number of hydrogen-bond acceptors (Lipinski definition) is 2. The van der Waals surface area contributed by atoms with E-state index in [4.69, 9.17) is 0 Å². The summed E-state index contributed by atoms with van der Waals surface area (Å²) in [4.78, 5) is 9.56. The summed E-state index contributed by atoms with van der Waals surface area (Å²) >= 11 is 0. The third-order valence-corrected chi connectivity index (χ3v) is 1.82. The summed E-state index contributed by atoms with van der Waals surface area (Å²) in [6.45, 7) is 3.47. The lowest BCUT2D eigenvalue weighted by molar-refractivity contribution is 0.420. The van der Waals surface area contributed by atoms with E-state index in [1.807, 2.05) is 0 Å². The maximum absolute atomic E-state index is 9.56. The lowest BCUT2D eigenvalue weighted by Crippen LogP contribution is -1.78. The molecule has 0 unspecified atom stereocenters. The molecule has 0 saturated carbocycles. The van der Waals surface area contributed by atoms with Gasteiger partial charge in [0.2, 0.25) is 0 Å². The molecule has 0 aromatic carbocycles. The molecule has 0 aromatic rings. The van der Waals surface area contributed by atoms with Gasteiger partial charge in [-0.2, -0.15) is 0 Å². The van der Waals surface area contributed by atoms with E-state index in [9.17, 15) is 4.79 Å². The predicted molar refractivity (Wildman–Crippen MR) is 52.5 cm³/mol. The molecular weight excluding hydrogens is 164 g/mol.